The van der Waals surface area contributed by atoms with E-state index >= 15 is 0 Å². The lowest BCUT2D eigenvalue weighted by Crippen LogP contribution is -2.16. The first-order valence-electron chi connectivity index (χ1n) is 20.1. The van der Waals surface area contributed by atoms with Gasteiger partial charge >= 0.3 is 0 Å². The van der Waals surface area contributed by atoms with Gasteiger partial charge < -0.3 is 9.32 Å². The van der Waals surface area contributed by atoms with E-state index < -0.39 is 0 Å². The number of hydrogen-bond acceptors (Lipinski definition) is 2. The van der Waals surface area contributed by atoms with Crippen LogP contribution < -0.4 is 4.90 Å². The Bertz CT molecular complexity index is 3140. The molecule has 0 amide bonds. The lowest BCUT2D eigenvalue weighted by atomic mass is 9.86. The second-order valence-electron chi connectivity index (χ2n) is 15.2. The summed E-state index contributed by atoms with van der Waals surface area (Å²) in [5.74, 6) is 0. The maximum absolute atomic E-state index is 6.53. The fourth-order valence-corrected chi connectivity index (χ4v) is 9.32. The lowest BCUT2D eigenvalue weighted by molar-refractivity contribution is 0.669. The number of nitrogens with zero attached hydrogens (tertiary/aromatic N) is 1. The van der Waals surface area contributed by atoms with E-state index in [1.807, 2.05) is 0 Å². The van der Waals surface area contributed by atoms with Gasteiger partial charge in [0.25, 0.3) is 0 Å². The van der Waals surface area contributed by atoms with Crippen molar-refractivity contribution in [3.63, 3.8) is 0 Å². The van der Waals surface area contributed by atoms with Crippen LogP contribution in [0, 0.1) is 6.92 Å². The number of hydrogen-bond donors (Lipinski definition) is 0. The maximum atomic E-state index is 6.53. The number of anilines is 3. The van der Waals surface area contributed by atoms with Crippen molar-refractivity contribution < 1.29 is 4.42 Å². The highest BCUT2D eigenvalue weighted by molar-refractivity contribution is 6.15. The van der Waals surface area contributed by atoms with Crippen LogP contribution in [-0.4, -0.2) is 0 Å². The Morgan fingerprint density at radius 1 is 0.414 bits per heavy atom. The summed E-state index contributed by atoms with van der Waals surface area (Å²) in [7, 11) is 0. The second kappa shape index (κ2) is 14.0. The van der Waals surface area contributed by atoms with Crippen molar-refractivity contribution in [1.29, 1.82) is 0 Å². The van der Waals surface area contributed by atoms with Crippen LogP contribution in [0.4, 0.5) is 17.1 Å². The van der Waals surface area contributed by atoms with Crippen molar-refractivity contribution in [2.75, 3.05) is 4.90 Å². The SMILES string of the molecule is Cc1cccc(N(c2ccccc2-c2ccccc2)c2c3c(cc(-c4ccccc4)c2-c2ccccc2)-c2ccccc2C3)c1-c1cccc2oc3ccccc3c12. The number of benzene rings is 9. The molecule has 0 aliphatic heterocycles. The predicted molar refractivity (Wildman–Crippen MR) is 243 cm³/mol. The smallest absolute Gasteiger partial charge is 0.136 e. The summed E-state index contributed by atoms with van der Waals surface area (Å²) >= 11 is 0. The molecule has 0 fully saturated rings. The average molecular weight is 742 g/mol. The van der Waals surface area contributed by atoms with Gasteiger partial charge in [-0.1, -0.05) is 176 Å². The summed E-state index contributed by atoms with van der Waals surface area (Å²) in [6.07, 6.45) is 0.822. The Hall–Kier alpha value is -7.42. The van der Waals surface area contributed by atoms with Gasteiger partial charge in [-0.2, -0.15) is 0 Å². The van der Waals surface area contributed by atoms with E-state index in [1.165, 1.54) is 66.9 Å². The molecule has 9 aromatic carbocycles. The van der Waals surface area contributed by atoms with Crippen LogP contribution in [0.2, 0.25) is 0 Å². The molecule has 58 heavy (non-hydrogen) atoms. The third kappa shape index (κ3) is 5.49. The highest BCUT2D eigenvalue weighted by Crippen LogP contribution is 2.56. The number of para-hydroxylation sites is 2. The molecule has 0 spiro atoms. The molecule has 11 rings (SSSR count). The van der Waals surface area contributed by atoms with Gasteiger partial charge in [-0.15, -0.1) is 0 Å². The van der Waals surface area contributed by atoms with Gasteiger partial charge in [0.15, 0.2) is 0 Å². The minimum Gasteiger partial charge on any atom is -0.456 e. The Kier molecular flexibility index (Phi) is 8.15. The zero-order chi connectivity index (χ0) is 38.6. The third-order valence-corrected chi connectivity index (χ3v) is 11.8. The second-order valence-corrected chi connectivity index (χ2v) is 15.2. The molecule has 0 saturated carbocycles. The van der Waals surface area contributed by atoms with Crippen molar-refractivity contribution in [3.05, 3.63) is 223 Å². The lowest BCUT2D eigenvalue weighted by Gasteiger charge is -2.35. The van der Waals surface area contributed by atoms with E-state index in [2.05, 4.69) is 218 Å². The monoisotopic (exact) mass is 741 g/mol. The molecule has 10 aromatic rings. The van der Waals surface area contributed by atoms with E-state index in [0.29, 0.717) is 0 Å². The fourth-order valence-electron chi connectivity index (χ4n) is 9.32. The quantitative estimate of drug-likeness (QED) is 0.162. The molecule has 1 heterocycles. The molecule has 0 unspecified atom stereocenters. The molecule has 0 saturated heterocycles. The molecule has 2 heteroatoms. The van der Waals surface area contributed by atoms with Crippen LogP contribution in [0.25, 0.3) is 77.6 Å². The summed E-state index contributed by atoms with van der Waals surface area (Å²) < 4.78 is 6.53. The van der Waals surface area contributed by atoms with E-state index in [4.69, 9.17) is 4.42 Å². The van der Waals surface area contributed by atoms with Crippen LogP contribution in [0.5, 0.6) is 0 Å². The highest BCUT2D eigenvalue weighted by atomic mass is 16.3. The van der Waals surface area contributed by atoms with Crippen LogP contribution in [0.15, 0.2) is 211 Å². The Morgan fingerprint density at radius 3 is 1.76 bits per heavy atom. The summed E-state index contributed by atoms with van der Waals surface area (Å²) in [4.78, 5) is 2.60. The molecule has 1 aliphatic rings. The van der Waals surface area contributed by atoms with E-state index in [1.54, 1.807) is 0 Å². The number of fused-ring (bicyclic) bond motifs is 6. The van der Waals surface area contributed by atoms with Gasteiger partial charge in [0.2, 0.25) is 0 Å². The summed E-state index contributed by atoms with van der Waals surface area (Å²) in [5.41, 5.74) is 21.1. The highest BCUT2D eigenvalue weighted by Gasteiger charge is 2.33. The fraction of sp³-hybridized carbons (Fsp3) is 0.0357. The minimum atomic E-state index is 0.822. The predicted octanol–water partition coefficient (Wildman–Crippen LogP) is 15.6. The van der Waals surface area contributed by atoms with Crippen LogP contribution >= 0.6 is 0 Å². The van der Waals surface area contributed by atoms with E-state index in [9.17, 15) is 0 Å². The van der Waals surface area contributed by atoms with Gasteiger partial charge in [0, 0.05) is 33.9 Å². The molecule has 1 aliphatic carbocycles. The molecule has 1 aromatic heterocycles. The maximum Gasteiger partial charge on any atom is 0.136 e. The molecule has 274 valence electrons. The van der Waals surface area contributed by atoms with Gasteiger partial charge in [-0.25, -0.2) is 0 Å². The molecule has 0 atom stereocenters. The van der Waals surface area contributed by atoms with Crippen molar-refractivity contribution in [2.45, 2.75) is 13.3 Å². The first-order valence-corrected chi connectivity index (χ1v) is 20.1. The van der Waals surface area contributed by atoms with Crippen LogP contribution in [-0.2, 0) is 6.42 Å². The molecular weight excluding hydrogens is 703 g/mol. The third-order valence-electron chi connectivity index (χ3n) is 11.8. The summed E-state index contributed by atoms with van der Waals surface area (Å²) in [6.45, 7) is 2.25. The zero-order valence-corrected chi connectivity index (χ0v) is 32.2. The van der Waals surface area contributed by atoms with Gasteiger partial charge in [-0.3, -0.25) is 0 Å². The van der Waals surface area contributed by atoms with Crippen molar-refractivity contribution in [2.24, 2.45) is 0 Å². The van der Waals surface area contributed by atoms with Crippen LogP contribution in [0.1, 0.15) is 16.7 Å². The summed E-state index contributed by atoms with van der Waals surface area (Å²) in [5, 5.41) is 2.25. The van der Waals surface area contributed by atoms with Crippen molar-refractivity contribution in [1.82, 2.24) is 0 Å². The number of aryl methyl sites for hydroxylation is 1. The molecule has 0 bridgehead atoms. The first-order chi connectivity index (χ1) is 28.7. The van der Waals surface area contributed by atoms with E-state index in [0.717, 1.165) is 50.9 Å². The normalized spacial score (nSPS) is 11.8. The average Bonchev–Trinajstić information content (AvgIpc) is 3.86. The standard InChI is InChI=1S/C56H39NO/c1-37-19-17-32-50(53(37)45-30-18-34-52-55(45)44-29-14-16-33-51(44)58-52)57(49-31-15-13-28-43(49)38-20-5-2-6-21-38)56-48-35-41-26-11-12-27-42(41)47(48)36-46(39-22-7-3-8-23-39)54(56)40-24-9-4-10-25-40/h2-34,36H,35H2,1H3. The Morgan fingerprint density at radius 2 is 0.983 bits per heavy atom. The zero-order valence-electron chi connectivity index (χ0n) is 32.2. The Labute approximate surface area is 338 Å². The summed E-state index contributed by atoms with van der Waals surface area (Å²) in [6, 6.07) is 74.8. The minimum absolute atomic E-state index is 0.822. The van der Waals surface area contributed by atoms with Crippen molar-refractivity contribution >= 4 is 39.0 Å². The molecule has 0 radical (unpaired) electrons. The van der Waals surface area contributed by atoms with Crippen molar-refractivity contribution in [3.8, 4) is 55.6 Å². The Balaban J connectivity index is 1.33. The number of rotatable bonds is 7. The van der Waals surface area contributed by atoms with Crippen LogP contribution in [0.3, 0.4) is 0 Å². The number of furan rings is 1. The first kappa shape index (κ1) is 33.9. The van der Waals surface area contributed by atoms with Gasteiger partial charge in [-0.05, 0) is 92.9 Å². The van der Waals surface area contributed by atoms with E-state index in [-0.39, 0.29) is 0 Å². The largest absolute Gasteiger partial charge is 0.456 e. The molecule has 2 nitrogen and oxygen atoms in total. The molecule has 0 N–H and O–H groups in total. The van der Waals surface area contributed by atoms with Gasteiger partial charge in [0.1, 0.15) is 11.2 Å². The topological polar surface area (TPSA) is 16.4 Å². The molecular formula is C56H39NO. The van der Waals surface area contributed by atoms with Gasteiger partial charge in [0.05, 0.1) is 17.1 Å².